The highest BCUT2D eigenvalue weighted by atomic mass is 79.9. The Kier molecular flexibility index (Phi) is 4.08. The molecule has 2 aromatic carbocycles. The van der Waals surface area contributed by atoms with E-state index in [9.17, 15) is 4.39 Å². The van der Waals surface area contributed by atoms with Crippen molar-refractivity contribution >= 4 is 27.5 Å². The Bertz CT molecular complexity index is 682. The topological polar surface area (TPSA) is 33.0 Å². The van der Waals surface area contributed by atoms with E-state index in [1.165, 1.54) is 12.1 Å². The molecule has 0 aromatic heterocycles. The normalized spacial score (nSPS) is 10.1. The van der Waals surface area contributed by atoms with Gasteiger partial charge in [-0.15, -0.1) is 0 Å². The molecule has 0 saturated heterocycles. The van der Waals surface area contributed by atoms with E-state index in [4.69, 9.17) is 21.6 Å². The minimum absolute atomic E-state index is 0.0521. The lowest BCUT2D eigenvalue weighted by molar-refractivity contribution is 0.437. The Hall–Kier alpha value is -1.57. The molecule has 0 atom stereocenters. The van der Waals surface area contributed by atoms with Crippen LogP contribution in [-0.2, 0) is 0 Å². The SMILES string of the molecule is Cc1cc(Cl)ccc1Oc1ccc(C#N)c(Br)c1F. The number of rotatable bonds is 2. The minimum atomic E-state index is -0.603. The summed E-state index contributed by atoms with van der Waals surface area (Å²) in [7, 11) is 0. The summed E-state index contributed by atoms with van der Waals surface area (Å²) in [5.74, 6) is -0.0374. The second kappa shape index (κ2) is 5.60. The first-order chi connectivity index (χ1) is 9.02. The van der Waals surface area contributed by atoms with E-state index in [0.717, 1.165) is 5.56 Å². The predicted octanol–water partition coefficient (Wildman–Crippen LogP) is 5.21. The molecule has 0 aliphatic heterocycles. The molecule has 19 heavy (non-hydrogen) atoms. The molecule has 96 valence electrons. The number of nitriles is 1. The van der Waals surface area contributed by atoms with Crippen molar-refractivity contribution in [2.45, 2.75) is 6.92 Å². The van der Waals surface area contributed by atoms with Crippen molar-refractivity contribution in [2.24, 2.45) is 0 Å². The second-order valence-electron chi connectivity index (χ2n) is 3.86. The average molecular weight is 341 g/mol. The van der Waals surface area contributed by atoms with Gasteiger partial charge < -0.3 is 4.74 Å². The second-order valence-corrected chi connectivity index (χ2v) is 5.09. The number of halogens is 3. The average Bonchev–Trinajstić information content (AvgIpc) is 2.38. The largest absolute Gasteiger partial charge is 0.454 e. The molecular formula is C14H8BrClFNO. The van der Waals surface area contributed by atoms with E-state index < -0.39 is 5.82 Å². The van der Waals surface area contributed by atoms with E-state index in [0.29, 0.717) is 10.8 Å². The Morgan fingerprint density at radius 1 is 1.26 bits per heavy atom. The van der Waals surface area contributed by atoms with Crippen molar-refractivity contribution < 1.29 is 9.13 Å². The van der Waals surface area contributed by atoms with Gasteiger partial charge in [0.2, 0.25) is 0 Å². The molecule has 2 nitrogen and oxygen atoms in total. The molecule has 0 spiro atoms. The molecule has 0 saturated carbocycles. The van der Waals surface area contributed by atoms with Gasteiger partial charge in [-0.25, -0.2) is 4.39 Å². The van der Waals surface area contributed by atoms with Crippen molar-refractivity contribution in [3.8, 4) is 17.6 Å². The third kappa shape index (κ3) is 2.89. The first-order valence-electron chi connectivity index (χ1n) is 5.35. The van der Waals surface area contributed by atoms with Crippen molar-refractivity contribution in [3.63, 3.8) is 0 Å². The van der Waals surface area contributed by atoms with E-state index in [1.807, 2.05) is 13.0 Å². The molecule has 5 heteroatoms. The fourth-order valence-electron chi connectivity index (χ4n) is 1.54. The molecule has 2 rings (SSSR count). The first-order valence-corrected chi connectivity index (χ1v) is 6.52. The lowest BCUT2D eigenvalue weighted by Gasteiger charge is -2.10. The highest BCUT2D eigenvalue weighted by Crippen LogP contribution is 2.33. The standard InChI is InChI=1S/C14H8BrClFNO/c1-8-6-10(16)3-5-11(8)19-12-4-2-9(7-18)13(15)14(12)17/h2-6H,1H3. The van der Waals surface area contributed by atoms with Gasteiger partial charge in [0.1, 0.15) is 11.8 Å². The Morgan fingerprint density at radius 3 is 2.58 bits per heavy atom. The van der Waals surface area contributed by atoms with Gasteiger partial charge >= 0.3 is 0 Å². The lowest BCUT2D eigenvalue weighted by Crippen LogP contribution is -1.93. The quantitative estimate of drug-likeness (QED) is 0.751. The molecule has 2 aromatic rings. The van der Waals surface area contributed by atoms with Crippen LogP contribution in [0.15, 0.2) is 34.8 Å². The molecule has 0 heterocycles. The van der Waals surface area contributed by atoms with Crippen molar-refractivity contribution in [3.05, 3.63) is 56.8 Å². The van der Waals surface area contributed by atoms with Crippen molar-refractivity contribution in [2.75, 3.05) is 0 Å². The molecule has 0 N–H and O–H groups in total. The van der Waals surface area contributed by atoms with Crippen LogP contribution in [0.4, 0.5) is 4.39 Å². The van der Waals surface area contributed by atoms with Crippen LogP contribution in [0.5, 0.6) is 11.5 Å². The van der Waals surface area contributed by atoms with E-state index in [2.05, 4.69) is 15.9 Å². The predicted molar refractivity (Wildman–Crippen MR) is 75.1 cm³/mol. The van der Waals surface area contributed by atoms with Crippen LogP contribution in [0, 0.1) is 24.1 Å². The summed E-state index contributed by atoms with van der Waals surface area (Å²) in [6.45, 7) is 1.82. The maximum atomic E-state index is 14.0. The number of aryl methyl sites for hydroxylation is 1. The monoisotopic (exact) mass is 339 g/mol. The maximum Gasteiger partial charge on any atom is 0.181 e. The number of nitrogens with zero attached hydrogens (tertiary/aromatic N) is 1. The summed E-state index contributed by atoms with van der Waals surface area (Å²) in [5.41, 5.74) is 1.02. The van der Waals surface area contributed by atoms with Crippen molar-refractivity contribution in [1.82, 2.24) is 0 Å². The molecular weight excluding hydrogens is 333 g/mol. The molecule has 0 fully saturated rings. The number of hydrogen-bond acceptors (Lipinski definition) is 2. The third-order valence-corrected chi connectivity index (χ3v) is 3.53. The molecule has 0 amide bonds. The van der Waals surface area contributed by atoms with Crippen LogP contribution in [0.25, 0.3) is 0 Å². The van der Waals surface area contributed by atoms with E-state index >= 15 is 0 Å². The van der Waals surface area contributed by atoms with Gasteiger partial charge in [0.25, 0.3) is 0 Å². The van der Waals surface area contributed by atoms with E-state index in [-0.39, 0.29) is 15.8 Å². The summed E-state index contributed by atoms with van der Waals surface area (Å²) < 4.78 is 19.6. The first kappa shape index (κ1) is 13.9. The highest BCUT2D eigenvalue weighted by Gasteiger charge is 2.13. The number of benzene rings is 2. The lowest BCUT2D eigenvalue weighted by atomic mass is 10.2. The summed E-state index contributed by atoms with van der Waals surface area (Å²) >= 11 is 8.88. The number of ether oxygens (including phenoxy) is 1. The fraction of sp³-hybridized carbons (Fsp3) is 0.0714. The smallest absolute Gasteiger partial charge is 0.181 e. The zero-order chi connectivity index (χ0) is 14.0. The summed E-state index contributed by atoms with van der Waals surface area (Å²) in [4.78, 5) is 0. The molecule has 0 unspecified atom stereocenters. The zero-order valence-electron chi connectivity index (χ0n) is 9.88. The third-order valence-electron chi connectivity index (χ3n) is 2.52. The maximum absolute atomic E-state index is 14.0. The number of hydrogen-bond donors (Lipinski definition) is 0. The Morgan fingerprint density at radius 2 is 1.95 bits per heavy atom. The van der Waals surface area contributed by atoms with Crippen LogP contribution in [0.1, 0.15) is 11.1 Å². The van der Waals surface area contributed by atoms with Gasteiger partial charge in [-0.2, -0.15) is 5.26 Å². The van der Waals surface area contributed by atoms with Gasteiger partial charge in [0, 0.05) is 5.02 Å². The Labute approximate surface area is 123 Å². The van der Waals surface area contributed by atoms with Crippen LogP contribution in [-0.4, -0.2) is 0 Å². The van der Waals surface area contributed by atoms with Gasteiger partial charge in [0.05, 0.1) is 10.0 Å². The fourth-order valence-corrected chi connectivity index (χ4v) is 2.19. The van der Waals surface area contributed by atoms with Gasteiger partial charge in [-0.05, 0) is 58.7 Å². The van der Waals surface area contributed by atoms with Gasteiger partial charge in [0.15, 0.2) is 11.6 Å². The highest BCUT2D eigenvalue weighted by molar-refractivity contribution is 9.10. The van der Waals surface area contributed by atoms with Crippen LogP contribution < -0.4 is 4.74 Å². The summed E-state index contributed by atoms with van der Waals surface area (Å²) in [6, 6.07) is 9.87. The van der Waals surface area contributed by atoms with Gasteiger partial charge in [-0.1, -0.05) is 11.6 Å². The Balaban J connectivity index is 2.39. The summed E-state index contributed by atoms with van der Waals surface area (Å²) in [6.07, 6.45) is 0. The van der Waals surface area contributed by atoms with Crippen LogP contribution in [0.2, 0.25) is 5.02 Å². The van der Waals surface area contributed by atoms with E-state index in [1.54, 1.807) is 18.2 Å². The molecule has 0 aliphatic carbocycles. The van der Waals surface area contributed by atoms with Crippen LogP contribution >= 0.6 is 27.5 Å². The molecule has 0 bridgehead atoms. The van der Waals surface area contributed by atoms with Crippen molar-refractivity contribution in [1.29, 1.82) is 5.26 Å². The van der Waals surface area contributed by atoms with Gasteiger partial charge in [-0.3, -0.25) is 0 Å². The minimum Gasteiger partial charge on any atom is -0.454 e. The summed E-state index contributed by atoms with van der Waals surface area (Å²) in [5, 5.41) is 9.39. The molecule has 0 aliphatic rings. The van der Waals surface area contributed by atoms with Crippen LogP contribution in [0.3, 0.4) is 0 Å². The molecule has 0 radical (unpaired) electrons. The zero-order valence-corrected chi connectivity index (χ0v) is 12.2.